The molecule has 5 nitrogen and oxygen atoms in total. The Morgan fingerprint density at radius 3 is 2.94 bits per heavy atom. The molecule has 0 aromatic carbocycles. The number of carbonyl (C=O) groups excluding carboxylic acids is 1. The molecule has 0 spiro atoms. The Balaban J connectivity index is 2.29. The van der Waals surface area contributed by atoms with Crippen molar-refractivity contribution in [3.05, 3.63) is 11.4 Å². The number of aromatic nitrogens is 2. The number of nitrogens with zero attached hydrogens (tertiary/aromatic N) is 3. The van der Waals surface area contributed by atoms with Crippen LogP contribution in [0.2, 0.25) is 0 Å². The van der Waals surface area contributed by atoms with Crippen molar-refractivity contribution >= 4 is 11.8 Å². The standard InChI is InChI=1S/C11H15N3O2/c1-11(2)9-8-7(12-13(9)3)5-4-6-14(8)10(15)16-11/h4-6H2,1-3H3. The number of cyclic esters (lactones) is 1. The van der Waals surface area contributed by atoms with Crippen molar-refractivity contribution in [2.45, 2.75) is 32.3 Å². The molecule has 0 atom stereocenters. The van der Waals surface area contributed by atoms with E-state index in [-0.39, 0.29) is 6.09 Å². The lowest BCUT2D eigenvalue weighted by Crippen LogP contribution is -2.45. The highest BCUT2D eigenvalue weighted by atomic mass is 16.6. The molecule has 0 radical (unpaired) electrons. The van der Waals surface area contributed by atoms with Gasteiger partial charge in [-0.25, -0.2) is 4.79 Å². The van der Waals surface area contributed by atoms with Crippen LogP contribution in [0.1, 0.15) is 31.7 Å². The lowest BCUT2D eigenvalue weighted by atomic mass is 9.97. The first kappa shape index (κ1) is 9.69. The molecule has 0 N–H and O–H groups in total. The van der Waals surface area contributed by atoms with Gasteiger partial charge in [0.2, 0.25) is 0 Å². The van der Waals surface area contributed by atoms with Crippen LogP contribution in [0.15, 0.2) is 0 Å². The molecule has 16 heavy (non-hydrogen) atoms. The highest BCUT2D eigenvalue weighted by molar-refractivity contribution is 5.92. The molecular weight excluding hydrogens is 206 g/mol. The van der Waals surface area contributed by atoms with Gasteiger partial charge in [0, 0.05) is 13.6 Å². The molecule has 0 aliphatic carbocycles. The maximum atomic E-state index is 11.9. The predicted molar refractivity (Wildman–Crippen MR) is 58.4 cm³/mol. The monoisotopic (exact) mass is 221 g/mol. The Kier molecular flexibility index (Phi) is 1.68. The van der Waals surface area contributed by atoms with Crippen LogP contribution >= 0.6 is 0 Å². The van der Waals surface area contributed by atoms with Gasteiger partial charge < -0.3 is 4.74 Å². The Labute approximate surface area is 94.0 Å². The molecule has 0 saturated heterocycles. The summed E-state index contributed by atoms with van der Waals surface area (Å²) in [6, 6.07) is 0. The normalized spacial score (nSPS) is 21.7. The zero-order valence-electron chi connectivity index (χ0n) is 9.78. The third-order valence-corrected chi connectivity index (χ3v) is 3.29. The minimum absolute atomic E-state index is 0.244. The zero-order chi connectivity index (χ0) is 11.5. The summed E-state index contributed by atoms with van der Waals surface area (Å²) in [4.78, 5) is 13.6. The number of hydrogen-bond acceptors (Lipinski definition) is 3. The first-order valence-corrected chi connectivity index (χ1v) is 5.57. The van der Waals surface area contributed by atoms with Gasteiger partial charge in [-0.2, -0.15) is 5.10 Å². The number of ether oxygens (including phenoxy) is 1. The first-order valence-electron chi connectivity index (χ1n) is 5.57. The average molecular weight is 221 g/mol. The molecule has 1 aromatic rings. The summed E-state index contributed by atoms with van der Waals surface area (Å²) >= 11 is 0. The van der Waals surface area contributed by atoms with Gasteiger partial charge in [0.05, 0.1) is 11.4 Å². The minimum Gasteiger partial charge on any atom is -0.437 e. The topological polar surface area (TPSA) is 47.4 Å². The van der Waals surface area contributed by atoms with Crippen molar-refractivity contribution in [2.75, 3.05) is 11.4 Å². The zero-order valence-corrected chi connectivity index (χ0v) is 9.78. The summed E-state index contributed by atoms with van der Waals surface area (Å²) in [5.41, 5.74) is 2.42. The maximum absolute atomic E-state index is 11.9. The number of hydrogen-bond donors (Lipinski definition) is 0. The van der Waals surface area contributed by atoms with Crippen LogP contribution in [-0.2, 0) is 23.8 Å². The molecule has 1 aromatic heterocycles. The summed E-state index contributed by atoms with van der Waals surface area (Å²) in [7, 11) is 1.91. The average Bonchev–Trinajstić information content (AvgIpc) is 2.51. The van der Waals surface area contributed by atoms with E-state index in [1.807, 2.05) is 25.6 Å². The molecule has 0 saturated carbocycles. The van der Waals surface area contributed by atoms with E-state index >= 15 is 0 Å². The van der Waals surface area contributed by atoms with Crippen LogP contribution in [0.4, 0.5) is 10.5 Å². The van der Waals surface area contributed by atoms with E-state index in [0.29, 0.717) is 0 Å². The molecule has 1 amide bonds. The molecule has 3 heterocycles. The fraction of sp³-hybridized carbons (Fsp3) is 0.636. The smallest absolute Gasteiger partial charge is 0.415 e. The van der Waals surface area contributed by atoms with Gasteiger partial charge in [0.1, 0.15) is 5.69 Å². The third-order valence-electron chi connectivity index (χ3n) is 3.29. The second-order valence-electron chi connectivity index (χ2n) is 4.90. The van der Waals surface area contributed by atoms with E-state index in [4.69, 9.17) is 4.74 Å². The largest absolute Gasteiger partial charge is 0.437 e. The fourth-order valence-electron chi connectivity index (χ4n) is 2.72. The molecule has 86 valence electrons. The second kappa shape index (κ2) is 2.78. The first-order chi connectivity index (χ1) is 7.50. The summed E-state index contributed by atoms with van der Waals surface area (Å²) < 4.78 is 7.30. The van der Waals surface area contributed by atoms with Crippen molar-refractivity contribution in [3.8, 4) is 0 Å². The highest BCUT2D eigenvalue weighted by Crippen LogP contribution is 2.42. The minimum atomic E-state index is -0.583. The van der Waals surface area contributed by atoms with Crippen molar-refractivity contribution in [2.24, 2.45) is 7.05 Å². The Bertz CT molecular complexity index is 476. The number of amides is 1. The van der Waals surface area contributed by atoms with Gasteiger partial charge in [-0.3, -0.25) is 9.58 Å². The van der Waals surface area contributed by atoms with Crippen molar-refractivity contribution in [1.29, 1.82) is 0 Å². The third kappa shape index (κ3) is 1.06. The SMILES string of the molecule is Cn1nc2c3c1C(C)(C)OC(=O)N3CCC2. The summed E-state index contributed by atoms with van der Waals surface area (Å²) in [5.74, 6) is 0. The van der Waals surface area contributed by atoms with Gasteiger partial charge in [0.25, 0.3) is 0 Å². The quantitative estimate of drug-likeness (QED) is 0.668. The van der Waals surface area contributed by atoms with E-state index in [9.17, 15) is 4.79 Å². The fourth-order valence-corrected chi connectivity index (χ4v) is 2.72. The number of aryl methyl sites for hydroxylation is 2. The highest BCUT2D eigenvalue weighted by Gasteiger charge is 2.44. The van der Waals surface area contributed by atoms with Crippen molar-refractivity contribution in [3.63, 3.8) is 0 Å². The molecule has 2 aliphatic rings. The Hall–Kier alpha value is -1.52. The molecular formula is C11H15N3O2. The summed E-state index contributed by atoms with van der Waals surface area (Å²) in [6.45, 7) is 4.56. The van der Waals surface area contributed by atoms with Crippen LogP contribution in [0.3, 0.4) is 0 Å². The molecule has 2 aliphatic heterocycles. The van der Waals surface area contributed by atoms with E-state index in [1.165, 1.54) is 0 Å². The van der Waals surface area contributed by atoms with E-state index in [1.54, 1.807) is 4.90 Å². The van der Waals surface area contributed by atoms with E-state index in [0.717, 1.165) is 36.5 Å². The lowest BCUT2D eigenvalue weighted by molar-refractivity contribution is 0.0288. The van der Waals surface area contributed by atoms with Crippen LogP contribution in [0.5, 0.6) is 0 Å². The Morgan fingerprint density at radius 2 is 2.19 bits per heavy atom. The number of anilines is 1. The van der Waals surface area contributed by atoms with Crippen LogP contribution < -0.4 is 4.90 Å². The van der Waals surface area contributed by atoms with Gasteiger partial charge in [-0.1, -0.05) is 0 Å². The molecule has 0 bridgehead atoms. The molecule has 5 heteroatoms. The van der Waals surface area contributed by atoms with Gasteiger partial charge in [-0.05, 0) is 26.7 Å². The summed E-state index contributed by atoms with van der Waals surface area (Å²) in [5, 5.41) is 4.49. The molecule has 3 rings (SSSR count). The van der Waals surface area contributed by atoms with Crippen LogP contribution in [0.25, 0.3) is 0 Å². The van der Waals surface area contributed by atoms with E-state index in [2.05, 4.69) is 5.10 Å². The van der Waals surface area contributed by atoms with Crippen molar-refractivity contribution in [1.82, 2.24) is 9.78 Å². The van der Waals surface area contributed by atoms with Gasteiger partial charge in [0.15, 0.2) is 5.60 Å². The lowest BCUT2D eigenvalue weighted by Gasteiger charge is -2.38. The summed E-state index contributed by atoms with van der Waals surface area (Å²) in [6.07, 6.45) is 1.66. The van der Waals surface area contributed by atoms with E-state index < -0.39 is 5.60 Å². The van der Waals surface area contributed by atoms with Gasteiger partial charge in [-0.15, -0.1) is 0 Å². The maximum Gasteiger partial charge on any atom is 0.415 e. The molecule has 0 fully saturated rings. The van der Waals surface area contributed by atoms with Gasteiger partial charge >= 0.3 is 6.09 Å². The number of carbonyl (C=O) groups is 1. The van der Waals surface area contributed by atoms with Crippen LogP contribution in [-0.4, -0.2) is 22.4 Å². The van der Waals surface area contributed by atoms with Crippen molar-refractivity contribution < 1.29 is 9.53 Å². The predicted octanol–water partition coefficient (Wildman–Crippen LogP) is 1.56. The number of rotatable bonds is 0. The van der Waals surface area contributed by atoms with Crippen LogP contribution in [0, 0.1) is 0 Å². The Morgan fingerprint density at radius 1 is 1.44 bits per heavy atom. The second-order valence-corrected chi connectivity index (χ2v) is 4.90. The molecule has 0 unspecified atom stereocenters.